The Balaban J connectivity index is 2.38. The predicted octanol–water partition coefficient (Wildman–Crippen LogP) is 1.69. The second kappa shape index (κ2) is 3.52. The molecule has 2 rings (SSSR count). The molecule has 1 fully saturated rings. The van der Waals surface area contributed by atoms with Crippen LogP contribution < -0.4 is 5.73 Å². The molecule has 0 aromatic heterocycles. The monoisotopic (exact) mass is 225 g/mol. The van der Waals surface area contributed by atoms with Gasteiger partial charge in [0.2, 0.25) is 0 Å². The van der Waals surface area contributed by atoms with Crippen LogP contribution in [0.3, 0.4) is 0 Å². The summed E-state index contributed by atoms with van der Waals surface area (Å²) in [5, 5.41) is 0. The lowest BCUT2D eigenvalue weighted by atomic mass is 10.0. The van der Waals surface area contributed by atoms with Gasteiger partial charge >= 0.3 is 0 Å². The molecule has 0 spiro atoms. The minimum Gasteiger partial charge on any atom is -0.399 e. The molecule has 82 valence electrons. The Hall–Kier alpha value is -1.03. The standard InChI is InChI=1S/C11H15NO2S/c1-15(13,14)7-9-6-10(12)4-5-11(9)8-2-3-8/h4-6,8H,2-3,7,12H2,1H3. The van der Waals surface area contributed by atoms with Crippen molar-refractivity contribution in [2.24, 2.45) is 0 Å². The summed E-state index contributed by atoms with van der Waals surface area (Å²) in [5.74, 6) is 0.659. The third-order valence-corrected chi connectivity index (χ3v) is 3.44. The largest absolute Gasteiger partial charge is 0.399 e. The third kappa shape index (κ3) is 2.72. The van der Waals surface area contributed by atoms with Crippen molar-refractivity contribution in [3.63, 3.8) is 0 Å². The number of rotatable bonds is 3. The third-order valence-electron chi connectivity index (χ3n) is 2.60. The maximum atomic E-state index is 11.3. The molecule has 0 unspecified atom stereocenters. The zero-order valence-electron chi connectivity index (χ0n) is 8.73. The van der Waals surface area contributed by atoms with Crippen molar-refractivity contribution in [1.29, 1.82) is 0 Å². The first-order valence-electron chi connectivity index (χ1n) is 5.02. The molecule has 3 nitrogen and oxygen atoms in total. The van der Waals surface area contributed by atoms with E-state index in [4.69, 9.17) is 5.73 Å². The number of sulfone groups is 1. The van der Waals surface area contributed by atoms with Crippen LogP contribution in [0.1, 0.15) is 29.9 Å². The van der Waals surface area contributed by atoms with E-state index < -0.39 is 9.84 Å². The maximum Gasteiger partial charge on any atom is 0.151 e. The lowest BCUT2D eigenvalue weighted by molar-refractivity contribution is 0.601. The average molecular weight is 225 g/mol. The molecule has 0 saturated heterocycles. The molecule has 1 saturated carbocycles. The van der Waals surface area contributed by atoms with Gasteiger partial charge in [-0.05, 0) is 42.0 Å². The zero-order chi connectivity index (χ0) is 11.1. The average Bonchev–Trinajstić information content (AvgIpc) is 2.84. The molecule has 0 radical (unpaired) electrons. The van der Waals surface area contributed by atoms with Crippen LogP contribution >= 0.6 is 0 Å². The first-order valence-corrected chi connectivity index (χ1v) is 7.08. The smallest absolute Gasteiger partial charge is 0.151 e. The summed E-state index contributed by atoms with van der Waals surface area (Å²) in [6.07, 6.45) is 3.59. The highest BCUT2D eigenvalue weighted by atomic mass is 32.2. The van der Waals surface area contributed by atoms with E-state index in [9.17, 15) is 8.42 Å². The quantitative estimate of drug-likeness (QED) is 0.796. The minimum absolute atomic E-state index is 0.101. The number of nitrogen functional groups attached to an aromatic ring is 1. The van der Waals surface area contributed by atoms with Gasteiger partial charge in [-0.3, -0.25) is 0 Å². The first kappa shape index (κ1) is 10.5. The highest BCUT2D eigenvalue weighted by Gasteiger charge is 2.26. The zero-order valence-corrected chi connectivity index (χ0v) is 9.55. The van der Waals surface area contributed by atoms with E-state index >= 15 is 0 Å². The molecule has 1 aromatic carbocycles. The van der Waals surface area contributed by atoms with Gasteiger partial charge in [0.05, 0.1) is 5.75 Å². The number of benzene rings is 1. The van der Waals surface area contributed by atoms with Gasteiger partial charge in [-0.1, -0.05) is 6.07 Å². The molecule has 2 N–H and O–H groups in total. The van der Waals surface area contributed by atoms with Crippen LogP contribution in [-0.4, -0.2) is 14.7 Å². The van der Waals surface area contributed by atoms with E-state index in [1.807, 2.05) is 12.1 Å². The predicted molar refractivity (Wildman–Crippen MR) is 61.4 cm³/mol. The van der Waals surface area contributed by atoms with Crippen LogP contribution in [0.25, 0.3) is 0 Å². The Bertz CT molecular complexity index is 475. The second-order valence-corrected chi connectivity index (χ2v) is 6.44. The van der Waals surface area contributed by atoms with Crippen molar-refractivity contribution in [2.45, 2.75) is 24.5 Å². The van der Waals surface area contributed by atoms with Crippen molar-refractivity contribution >= 4 is 15.5 Å². The van der Waals surface area contributed by atoms with Gasteiger partial charge in [-0.2, -0.15) is 0 Å². The Kier molecular flexibility index (Phi) is 2.46. The summed E-state index contributed by atoms with van der Waals surface area (Å²) in [5.41, 5.74) is 8.35. The fraction of sp³-hybridized carbons (Fsp3) is 0.455. The van der Waals surface area contributed by atoms with Gasteiger partial charge in [0.1, 0.15) is 0 Å². The fourth-order valence-electron chi connectivity index (χ4n) is 1.83. The lowest BCUT2D eigenvalue weighted by Gasteiger charge is -2.08. The Labute approximate surface area is 90.2 Å². The number of anilines is 1. The summed E-state index contributed by atoms with van der Waals surface area (Å²) in [7, 11) is -2.98. The summed E-state index contributed by atoms with van der Waals surface area (Å²) in [6.45, 7) is 0. The topological polar surface area (TPSA) is 60.2 Å². The molecule has 0 heterocycles. The van der Waals surface area contributed by atoms with Gasteiger partial charge in [-0.25, -0.2) is 8.42 Å². The molecule has 1 aliphatic rings. The van der Waals surface area contributed by atoms with Crippen molar-refractivity contribution in [3.8, 4) is 0 Å². The molecule has 15 heavy (non-hydrogen) atoms. The normalized spacial score (nSPS) is 16.6. The van der Waals surface area contributed by atoms with Gasteiger partial charge < -0.3 is 5.73 Å². The van der Waals surface area contributed by atoms with E-state index in [0.29, 0.717) is 11.6 Å². The maximum absolute atomic E-state index is 11.3. The van der Waals surface area contributed by atoms with Crippen LogP contribution in [0.2, 0.25) is 0 Å². The minimum atomic E-state index is -2.98. The molecular formula is C11H15NO2S. The van der Waals surface area contributed by atoms with Gasteiger partial charge in [-0.15, -0.1) is 0 Å². The van der Waals surface area contributed by atoms with Crippen molar-refractivity contribution in [1.82, 2.24) is 0 Å². The highest BCUT2D eigenvalue weighted by molar-refractivity contribution is 7.89. The molecule has 0 amide bonds. The molecular weight excluding hydrogens is 210 g/mol. The molecule has 0 aliphatic heterocycles. The van der Waals surface area contributed by atoms with E-state index in [1.54, 1.807) is 6.07 Å². The molecule has 1 aliphatic carbocycles. The van der Waals surface area contributed by atoms with Crippen LogP contribution in [-0.2, 0) is 15.6 Å². The summed E-state index contributed by atoms with van der Waals surface area (Å²) in [4.78, 5) is 0. The molecule has 4 heteroatoms. The summed E-state index contributed by atoms with van der Waals surface area (Å²) in [6, 6.07) is 5.60. The van der Waals surface area contributed by atoms with Gasteiger partial charge in [0.15, 0.2) is 9.84 Å². The van der Waals surface area contributed by atoms with Gasteiger partial charge in [0.25, 0.3) is 0 Å². The summed E-state index contributed by atoms with van der Waals surface area (Å²) >= 11 is 0. The SMILES string of the molecule is CS(=O)(=O)Cc1cc(N)ccc1C1CC1. The Morgan fingerprint density at radius 3 is 2.60 bits per heavy atom. The fourth-order valence-corrected chi connectivity index (χ4v) is 2.64. The Morgan fingerprint density at radius 2 is 2.07 bits per heavy atom. The van der Waals surface area contributed by atoms with E-state index in [1.165, 1.54) is 19.1 Å². The van der Waals surface area contributed by atoms with Crippen molar-refractivity contribution < 1.29 is 8.42 Å². The van der Waals surface area contributed by atoms with E-state index in [0.717, 1.165) is 11.1 Å². The highest BCUT2D eigenvalue weighted by Crippen LogP contribution is 2.42. The Morgan fingerprint density at radius 1 is 1.40 bits per heavy atom. The van der Waals surface area contributed by atoms with Crippen molar-refractivity contribution in [2.75, 3.05) is 12.0 Å². The van der Waals surface area contributed by atoms with Gasteiger partial charge in [0, 0.05) is 11.9 Å². The van der Waals surface area contributed by atoms with Crippen LogP contribution in [0.15, 0.2) is 18.2 Å². The van der Waals surface area contributed by atoms with E-state index in [-0.39, 0.29) is 5.75 Å². The molecule has 1 aromatic rings. The van der Waals surface area contributed by atoms with Crippen LogP contribution in [0.4, 0.5) is 5.69 Å². The molecule has 0 atom stereocenters. The number of hydrogen-bond acceptors (Lipinski definition) is 3. The second-order valence-electron chi connectivity index (χ2n) is 4.30. The first-order chi connectivity index (χ1) is 6.96. The number of nitrogens with two attached hydrogens (primary N) is 1. The van der Waals surface area contributed by atoms with Crippen LogP contribution in [0.5, 0.6) is 0 Å². The molecule has 0 bridgehead atoms. The van der Waals surface area contributed by atoms with E-state index in [2.05, 4.69) is 0 Å². The van der Waals surface area contributed by atoms with Crippen molar-refractivity contribution in [3.05, 3.63) is 29.3 Å². The van der Waals surface area contributed by atoms with Crippen LogP contribution in [0, 0.1) is 0 Å². The number of hydrogen-bond donors (Lipinski definition) is 1. The summed E-state index contributed by atoms with van der Waals surface area (Å²) < 4.78 is 22.5. The lowest BCUT2D eigenvalue weighted by Crippen LogP contribution is -2.04.